The van der Waals surface area contributed by atoms with Crippen LogP contribution in [0, 0.1) is 0 Å². The van der Waals surface area contributed by atoms with Crippen molar-refractivity contribution in [1.82, 2.24) is 10.6 Å². The lowest BCUT2D eigenvalue weighted by Gasteiger charge is -2.19. The summed E-state index contributed by atoms with van der Waals surface area (Å²) in [7, 11) is 2.56. The van der Waals surface area contributed by atoms with E-state index in [4.69, 9.17) is 19.3 Å². The van der Waals surface area contributed by atoms with Gasteiger partial charge in [0.15, 0.2) is 6.04 Å². The lowest BCUT2D eigenvalue weighted by molar-refractivity contribution is -0.146. The molecular weight excluding hydrogens is 436 g/mol. The molecule has 0 aromatic rings. The standard InChI is InChI=1S/C22H36N2O9/c1-15(8-7-9-23-21(29)33-22(2,3)4)10-17(32-14-30-5)11-16(26)12-19(27)24-18(13-25)20(28)31-6/h7-8,10,17-18,25H,9,11-14H2,1-6H3,(H,23,29)(H,24,27)/b8-7+,15-10+/t17-,18+/m1/s1. The Balaban J connectivity index is 4.82. The smallest absolute Gasteiger partial charge is 0.407 e. The van der Waals surface area contributed by atoms with Gasteiger partial charge in [0.25, 0.3) is 0 Å². The van der Waals surface area contributed by atoms with Gasteiger partial charge in [-0.05, 0) is 27.7 Å². The lowest BCUT2D eigenvalue weighted by atomic mass is 10.1. The van der Waals surface area contributed by atoms with Gasteiger partial charge in [-0.3, -0.25) is 9.59 Å². The fraction of sp³-hybridized carbons (Fsp3) is 0.636. The summed E-state index contributed by atoms with van der Waals surface area (Å²) in [5.41, 5.74) is 0.169. The minimum Gasteiger partial charge on any atom is -0.467 e. The van der Waals surface area contributed by atoms with Gasteiger partial charge in [-0.2, -0.15) is 0 Å². The number of ketones is 1. The molecule has 0 bridgehead atoms. The molecule has 2 atom stereocenters. The van der Waals surface area contributed by atoms with Crippen molar-refractivity contribution in [2.75, 3.05) is 34.2 Å². The first-order valence-corrected chi connectivity index (χ1v) is 10.3. The maximum absolute atomic E-state index is 12.3. The molecule has 0 radical (unpaired) electrons. The normalized spacial score (nSPS) is 13.8. The highest BCUT2D eigenvalue weighted by molar-refractivity contribution is 5.99. The zero-order valence-corrected chi connectivity index (χ0v) is 20.1. The number of alkyl carbamates (subject to hydrolysis) is 1. The number of carbonyl (C=O) groups is 4. The number of ether oxygens (including phenoxy) is 4. The predicted octanol–water partition coefficient (Wildman–Crippen LogP) is 1.00. The highest BCUT2D eigenvalue weighted by Crippen LogP contribution is 2.09. The van der Waals surface area contributed by atoms with Crippen molar-refractivity contribution in [3.05, 3.63) is 23.8 Å². The van der Waals surface area contributed by atoms with E-state index < -0.39 is 54.5 Å². The Morgan fingerprint density at radius 1 is 1.12 bits per heavy atom. The molecule has 0 spiro atoms. The van der Waals surface area contributed by atoms with Gasteiger partial charge in [-0.15, -0.1) is 0 Å². The SMILES string of the molecule is COCO[C@H](/C=C(C)/C=C/CNC(=O)OC(C)(C)C)CC(=O)CC(=O)N[C@@H](CO)C(=O)OC. The Labute approximate surface area is 194 Å². The maximum Gasteiger partial charge on any atom is 0.407 e. The Bertz CT molecular complexity index is 711. The lowest BCUT2D eigenvalue weighted by Crippen LogP contribution is -2.44. The third-order valence-electron chi connectivity index (χ3n) is 3.78. The van der Waals surface area contributed by atoms with Gasteiger partial charge in [0.2, 0.25) is 5.91 Å². The number of hydrogen-bond acceptors (Lipinski definition) is 9. The molecular formula is C22H36N2O9. The molecule has 0 aliphatic heterocycles. The van der Waals surface area contributed by atoms with Gasteiger partial charge in [0.1, 0.15) is 18.2 Å². The van der Waals surface area contributed by atoms with Crippen LogP contribution in [-0.4, -0.2) is 80.8 Å². The fourth-order valence-corrected chi connectivity index (χ4v) is 2.41. The molecule has 0 aromatic carbocycles. The van der Waals surface area contributed by atoms with Gasteiger partial charge >= 0.3 is 12.1 Å². The maximum atomic E-state index is 12.3. The summed E-state index contributed by atoms with van der Waals surface area (Å²) < 4.78 is 20.0. The summed E-state index contributed by atoms with van der Waals surface area (Å²) in [6.07, 6.45) is 3.32. The van der Waals surface area contributed by atoms with E-state index in [0.29, 0.717) is 0 Å². The number of allylic oxidation sites excluding steroid dienone is 2. The van der Waals surface area contributed by atoms with Crippen molar-refractivity contribution < 1.29 is 43.2 Å². The summed E-state index contributed by atoms with van der Waals surface area (Å²) in [4.78, 5) is 47.3. The van der Waals surface area contributed by atoms with Crippen molar-refractivity contribution in [3.8, 4) is 0 Å². The summed E-state index contributed by atoms with van der Waals surface area (Å²) >= 11 is 0. The molecule has 0 rings (SSSR count). The largest absolute Gasteiger partial charge is 0.467 e. The van der Waals surface area contributed by atoms with Crippen LogP contribution in [0.4, 0.5) is 4.79 Å². The number of hydrogen-bond donors (Lipinski definition) is 3. The number of rotatable bonds is 14. The average Bonchev–Trinajstić information content (AvgIpc) is 2.71. The first-order valence-electron chi connectivity index (χ1n) is 10.3. The van der Waals surface area contributed by atoms with Crippen LogP contribution >= 0.6 is 0 Å². The molecule has 11 heteroatoms. The van der Waals surface area contributed by atoms with Crippen LogP contribution in [0.3, 0.4) is 0 Å². The van der Waals surface area contributed by atoms with Crippen LogP contribution in [0.2, 0.25) is 0 Å². The minimum atomic E-state index is -1.24. The predicted molar refractivity (Wildman–Crippen MR) is 119 cm³/mol. The zero-order valence-electron chi connectivity index (χ0n) is 20.1. The molecule has 0 aliphatic rings. The number of nitrogens with one attached hydrogen (secondary N) is 2. The number of amides is 2. The van der Waals surface area contributed by atoms with Crippen LogP contribution in [0.15, 0.2) is 23.8 Å². The van der Waals surface area contributed by atoms with Crippen LogP contribution in [0.5, 0.6) is 0 Å². The zero-order chi connectivity index (χ0) is 25.4. The van der Waals surface area contributed by atoms with Crippen molar-refractivity contribution >= 4 is 23.8 Å². The van der Waals surface area contributed by atoms with Gasteiger partial charge in [0.05, 0.1) is 26.2 Å². The first-order chi connectivity index (χ1) is 15.4. The summed E-state index contributed by atoms with van der Waals surface area (Å²) in [5, 5.41) is 14.0. The molecule has 33 heavy (non-hydrogen) atoms. The van der Waals surface area contributed by atoms with E-state index >= 15 is 0 Å². The van der Waals surface area contributed by atoms with E-state index in [0.717, 1.165) is 12.7 Å². The first kappa shape index (κ1) is 30.2. The minimum absolute atomic E-state index is 0.0627. The second kappa shape index (κ2) is 15.9. The quantitative estimate of drug-likeness (QED) is 0.146. The number of aliphatic hydroxyl groups excluding tert-OH is 1. The van der Waals surface area contributed by atoms with Crippen molar-refractivity contribution in [2.45, 2.75) is 58.3 Å². The number of carbonyl (C=O) groups excluding carboxylic acids is 4. The summed E-state index contributed by atoms with van der Waals surface area (Å²) in [6, 6.07) is -1.24. The number of methoxy groups -OCH3 is 2. The Morgan fingerprint density at radius 3 is 2.33 bits per heavy atom. The van der Waals surface area contributed by atoms with E-state index in [-0.39, 0.29) is 19.8 Å². The molecule has 0 fully saturated rings. The average molecular weight is 473 g/mol. The van der Waals surface area contributed by atoms with E-state index in [2.05, 4.69) is 15.4 Å². The van der Waals surface area contributed by atoms with Crippen molar-refractivity contribution in [3.63, 3.8) is 0 Å². The molecule has 0 saturated carbocycles. The van der Waals surface area contributed by atoms with Gasteiger partial charge in [-0.1, -0.05) is 23.8 Å². The van der Waals surface area contributed by atoms with Gasteiger partial charge in [-0.25, -0.2) is 9.59 Å². The molecule has 0 aliphatic carbocycles. The van der Waals surface area contributed by atoms with Crippen LogP contribution in [0.25, 0.3) is 0 Å². The van der Waals surface area contributed by atoms with E-state index in [1.165, 1.54) is 7.11 Å². The molecule has 11 nitrogen and oxygen atoms in total. The molecule has 188 valence electrons. The Morgan fingerprint density at radius 2 is 1.79 bits per heavy atom. The van der Waals surface area contributed by atoms with Crippen molar-refractivity contribution in [2.24, 2.45) is 0 Å². The second-order valence-corrected chi connectivity index (χ2v) is 8.05. The second-order valence-electron chi connectivity index (χ2n) is 8.05. The van der Waals surface area contributed by atoms with Gasteiger partial charge in [0, 0.05) is 20.1 Å². The molecule has 2 amide bonds. The van der Waals surface area contributed by atoms with Crippen LogP contribution < -0.4 is 10.6 Å². The number of esters is 1. The Hall–Kier alpha value is -2.76. The fourth-order valence-electron chi connectivity index (χ4n) is 2.41. The van der Waals surface area contributed by atoms with Crippen LogP contribution in [-0.2, 0) is 33.3 Å². The highest BCUT2D eigenvalue weighted by Gasteiger charge is 2.22. The molecule has 0 aromatic heterocycles. The number of Topliss-reactive ketones (excluding diaryl/α,β-unsaturated/α-hetero) is 1. The van der Waals surface area contributed by atoms with Crippen molar-refractivity contribution in [1.29, 1.82) is 0 Å². The Kier molecular flexibility index (Phi) is 14.6. The molecule has 0 saturated heterocycles. The van der Waals surface area contributed by atoms with Crippen LogP contribution in [0.1, 0.15) is 40.5 Å². The van der Waals surface area contributed by atoms with Gasteiger partial charge < -0.3 is 34.7 Å². The topological polar surface area (TPSA) is 149 Å². The van der Waals surface area contributed by atoms with E-state index in [9.17, 15) is 19.2 Å². The van der Waals surface area contributed by atoms with E-state index in [1.54, 1.807) is 45.9 Å². The summed E-state index contributed by atoms with van der Waals surface area (Å²) in [6.45, 7) is 6.62. The number of aliphatic hydroxyl groups is 1. The molecule has 3 N–H and O–H groups in total. The molecule has 0 unspecified atom stereocenters. The third-order valence-corrected chi connectivity index (χ3v) is 3.78. The highest BCUT2D eigenvalue weighted by atomic mass is 16.7. The monoisotopic (exact) mass is 472 g/mol. The summed E-state index contributed by atoms with van der Waals surface area (Å²) in [5.74, 6) is -1.97. The van der Waals surface area contributed by atoms with E-state index in [1.807, 2.05) is 0 Å². The third kappa shape index (κ3) is 15.6. The molecule has 0 heterocycles.